The summed E-state index contributed by atoms with van der Waals surface area (Å²) in [5.74, 6) is 0.240. The van der Waals surface area contributed by atoms with E-state index in [1.54, 1.807) is 11.3 Å². The number of Topliss-reactive ketones (excluding diaryl/α,β-unsaturated/α-hetero) is 1. The van der Waals surface area contributed by atoms with Gasteiger partial charge in [0, 0.05) is 23.7 Å². The van der Waals surface area contributed by atoms with Crippen molar-refractivity contribution in [2.45, 2.75) is 46.5 Å². The number of carbonyl (C=O) groups excluding carboxylic acids is 1. The number of benzene rings is 2. The summed E-state index contributed by atoms with van der Waals surface area (Å²) in [5.41, 5.74) is 5.39. The van der Waals surface area contributed by atoms with Crippen LogP contribution < -0.4 is 0 Å². The third-order valence-corrected chi connectivity index (χ3v) is 7.11. The Bertz CT molecular complexity index is 1170. The van der Waals surface area contributed by atoms with Crippen LogP contribution in [-0.2, 0) is 6.42 Å². The summed E-state index contributed by atoms with van der Waals surface area (Å²) in [6.45, 7) is 9.77. The van der Waals surface area contributed by atoms with E-state index in [9.17, 15) is 4.79 Å². The van der Waals surface area contributed by atoms with Gasteiger partial charge in [0.25, 0.3) is 0 Å². The molecule has 4 nitrogen and oxygen atoms in total. The monoisotopic (exact) mass is 433 g/mol. The molecular formula is C26H31N3OS. The summed E-state index contributed by atoms with van der Waals surface area (Å²) in [6.07, 6.45) is 5.78. The lowest BCUT2D eigenvalue weighted by molar-refractivity contribution is 0.0978. The molecule has 4 aromatic rings. The summed E-state index contributed by atoms with van der Waals surface area (Å²) < 4.78 is 3.26. The highest BCUT2D eigenvalue weighted by molar-refractivity contribution is 7.23. The number of nitrogens with zero attached hydrogens (tertiary/aromatic N) is 3. The van der Waals surface area contributed by atoms with Crippen molar-refractivity contribution in [1.29, 1.82) is 0 Å². The van der Waals surface area contributed by atoms with E-state index in [2.05, 4.69) is 66.6 Å². The van der Waals surface area contributed by atoms with Crippen molar-refractivity contribution in [2.24, 2.45) is 0 Å². The Hall–Kier alpha value is -2.50. The van der Waals surface area contributed by atoms with Gasteiger partial charge >= 0.3 is 0 Å². The van der Waals surface area contributed by atoms with E-state index >= 15 is 0 Å². The normalized spacial score (nSPS) is 11.7. The first-order valence-corrected chi connectivity index (χ1v) is 12.2. The Labute approximate surface area is 188 Å². The average molecular weight is 434 g/mol. The maximum atomic E-state index is 12.7. The fourth-order valence-electron chi connectivity index (χ4n) is 4.03. The van der Waals surface area contributed by atoms with Crippen molar-refractivity contribution in [3.8, 4) is 11.3 Å². The van der Waals surface area contributed by atoms with Gasteiger partial charge in [-0.1, -0.05) is 56.4 Å². The second-order valence-electron chi connectivity index (χ2n) is 8.02. The number of thiazole rings is 1. The lowest BCUT2D eigenvalue weighted by atomic mass is 10.1. The molecule has 0 radical (unpaired) electrons. The molecule has 31 heavy (non-hydrogen) atoms. The van der Waals surface area contributed by atoms with Crippen LogP contribution in [0.5, 0.6) is 0 Å². The molecule has 2 aromatic heterocycles. The van der Waals surface area contributed by atoms with Gasteiger partial charge in [0.15, 0.2) is 10.7 Å². The highest BCUT2D eigenvalue weighted by Crippen LogP contribution is 2.30. The maximum Gasteiger partial charge on any atom is 0.195 e. The van der Waals surface area contributed by atoms with E-state index in [1.807, 2.05) is 12.1 Å². The fourth-order valence-corrected chi connectivity index (χ4v) is 5.08. The zero-order chi connectivity index (χ0) is 21.8. The number of aryl methyl sites for hydroxylation is 1. The van der Waals surface area contributed by atoms with Crippen molar-refractivity contribution in [3.05, 3.63) is 59.8 Å². The maximum absolute atomic E-state index is 12.7. The zero-order valence-electron chi connectivity index (χ0n) is 18.7. The first kappa shape index (κ1) is 21.7. The first-order chi connectivity index (χ1) is 15.1. The van der Waals surface area contributed by atoms with Gasteiger partial charge in [0.05, 0.1) is 15.9 Å². The molecule has 0 saturated heterocycles. The minimum absolute atomic E-state index is 0.240. The van der Waals surface area contributed by atoms with Crippen LogP contribution in [0.25, 0.3) is 26.4 Å². The molecule has 0 fully saturated rings. The van der Waals surface area contributed by atoms with Crippen LogP contribution in [0.15, 0.2) is 48.7 Å². The van der Waals surface area contributed by atoms with Crippen LogP contribution in [0.3, 0.4) is 0 Å². The number of rotatable bonds is 10. The quantitative estimate of drug-likeness (QED) is 0.212. The molecular weight excluding hydrogens is 402 g/mol. The largest absolute Gasteiger partial charge is 0.304 e. The molecule has 2 heterocycles. The van der Waals surface area contributed by atoms with Crippen molar-refractivity contribution >= 4 is 32.3 Å². The molecule has 0 bridgehead atoms. The van der Waals surface area contributed by atoms with Crippen molar-refractivity contribution in [3.63, 3.8) is 0 Å². The van der Waals surface area contributed by atoms with E-state index in [0.717, 1.165) is 70.9 Å². The standard InChI is InChI=1S/C26H31N3OS/c1-4-19-10-12-20(13-11-19)22-18-29-23-15-14-21(17-25(23)31-26(29)27-22)24(30)9-7-8-16-28(5-2)6-3/h10-15,17-18H,4-9,16H2,1-3H3. The number of carbonyl (C=O) groups is 1. The summed E-state index contributed by atoms with van der Waals surface area (Å²) in [5, 5.41) is 0. The molecule has 0 N–H and O–H groups in total. The van der Waals surface area contributed by atoms with E-state index in [1.165, 1.54) is 5.56 Å². The molecule has 0 spiro atoms. The highest BCUT2D eigenvalue weighted by Gasteiger charge is 2.13. The van der Waals surface area contributed by atoms with Gasteiger partial charge < -0.3 is 4.90 Å². The second-order valence-corrected chi connectivity index (χ2v) is 9.03. The Morgan fingerprint density at radius 3 is 2.52 bits per heavy atom. The Morgan fingerprint density at radius 2 is 1.81 bits per heavy atom. The van der Waals surface area contributed by atoms with Gasteiger partial charge in [0.1, 0.15) is 0 Å². The zero-order valence-corrected chi connectivity index (χ0v) is 19.5. The number of fused-ring (bicyclic) bond motifs is 3. The Morgan fingerprint density at radius 1 is 1.03 bits per heavy atom. The topological polar surface area (TPSA) is 37.6 Å². The molecule has 2 aromatic carbocycles. The van der Waals surface area contributed by atoms with Crippen LogP contribution in [-0.4, -0.2) is 39.7 Å². The third-order valence-electron chi connectivity index (χ3n) is 6.10. The molecule has 0 amide bonds. The first-order valence-electron chi connectivity index (χ1n) is 11.4. The van der Waals surface area contributed by atoms with Gasteiger partial charge in [-0.2, -0.15) is 0 Å². The third kappa shape index (κ3) is 4.73. The minimum Gasteiger partial charge on any atom is -0.304 e. The predicted octanol–water partition coefficient (Wildman–Crippen LogP) is 6.47. The van der Waals surface area contributed by atoms with Gasteiger partial charge in [0.2, 0.25) is 0 Å². The van der Waals surface area contributed by atoms with Gasteiger partial charge in [-0.3, -0.25) is 9.20 Å². The van der Waals surface area contributed by atoms with E-state index in [0.29, 0.717) is 6.42 Å². The molecule has 0 aliphatic rings. The molecule has 4 rings (SSSR count). The van der Waals surface area contributed by atoms with Crippen molar-refractivity contribution in [1.82, 2.24) is 14.3 Å². The van der Waals surface area contributed by atoms with Gasteiger partial charge in [-0.15, -0.1) is 0 Å². The Kier molecular flexibility index (Phi) is 6.83. The van der Waals surface area contributed by atoms with Crippen LogP contribution in [0, 0.1) is 0 Å². The smallest absolute Gasteiger partial charge is 0.195 e. The molecule has 5 heteroatoms. The Balaban J connectivity index is 1.47. The molecule has 0 unspecified atom stereocenters. The molecule has 0 aliphatic carbocycles. The van der Waals surface area contributed by atoms with Crippen molar-refractivity contribution in [2.75, 3.05) is 19.6 Å². The predicted molar refractivity (Wildman–Crippen MR) is 131 cm³/mol. The summed E-state index contributed by atoms with van der Waals surface area (Å²) in [7, 11) is 0. The van der Waals surface area contributed by atoms with Crippen LogP contribution in [0.1, 0.15) is 56.0 Å². The lowest BCUT2D eigenvalue weighted by Gasteiger charge is -2.17. The van der Waals surface area contributed by atoms with E-state index in [-0.39, 0.29) is 5.78 Å². The number of imidazole rings is 1. The number of ketones is 1. The SMILES string of the molecule is CCc1ccc(-c2cn3c(n2)sc2cc(C(=O)CCCCN(CC)CC)ccc23)cc1. The molecule has 162 valence electrons. The second kappa shape index (κ2) is 9.75. The van der Waals surface area contributed by atoms with Crippen molar-refractivity contribution < 1.29 is 4.79 Å². The molecule has 0 atom stereocenters. The lowest BCUT2D eigenvalue weighted by Crippen LogP contribution is -2.24. The summed E-state index contributed by atoms with van der Waals surface area (Å²) in [4.78, 5) is 20.9. The highest BCUT2D eigenvalue weighted by atomic mass is 32.1. The van der Waals surface area contributed by atoms with Gasteiger partial charge in [-0.25, -0.2) is 4.98 Å². The molecule has 0 aliphatic heterocycles. The minimum atomic E-state index is 0.240. The molecule has 0 saturated carbocycles. The summed E-state index contributed by atoms with van der Waals surface area (Å²) >= 11 is 1.65. The van der Waals surface area contributed by atoms with Crippen LogP contribution in [0.4, 0.5) is 0 Å². The number of hydrogen-bond acceptors (Lipinski definition) is 4. The van der Waals surface area contributed by atoms with E-state index in [4.69, 9.17) is 4.98 Å². The fraction of sp³-hybridized carbons (Fsp3) is 0.385. The number of hydrogen-bond donors (Lipinski definition) is 0. The number of aromatic nitrogens is 2. The van der Waals surface area contributed by atoms with Crippen LogP contribution in [0.2, 0.25) is 0 Å². The van der Waals surface area contributed by atoms with Gasteiger partial charge in [-0.05, 0) is 62.7 Å². The van der Waals surface area contributed by atoms with E-state index < -0.39 is 0 Å². The average Bonchev–Trinajstić information content (AvgIpc) is 3.36. The summed E-state index contributed by atoms with van der Waals surface area (Å²) in [6, 6.07) is 14.7. The van der Waals surface area contributed by atoms with Crippen LogP contribution >= 0.6 is 11.3 Å². The number of unbranched alkanes of at least 4 members (excludes halogenated alkanes) is 1.